The van der Waals surface area contributed by atoms with E-state index in [9.17, 15) is 4.79 Å². The molecule has 0 aromatic carbocycles. The second-order valence-electron chi connectivity index (χ2n) is 2.54. The van der Waals surface area contributed by atoms with Crippen LogP contribution in [-0.2, 0) is 9.53 Å². The number of aromatic nitrogens is 2. The summed E-state index contributed by atoms with van der Waals surface area (Å²) in [6.07, 6.45) is 1.44. The van der Waals surface area contributed by atoms with Crippen LogP contribution < -0.4 is 5.32 Å². The summed E-state index contributed by atoms with van der Waals surface area (Å²) in [5, 5.41) is 11.2. The molecule has 15 heavy (non-hydrogen) atoms. The van der Waals surface area contributed by atoms with Crippen molar-refractivity contribution < 1.29 is 9.53 Å². The molecule has 0 fully saturated rings. The van der Waals surface area contributed by atoms with Crippen LogP contribution in [0.15, 0.2) is 12.3 Å². The first-order chi connectivity index (χ1) is 7.26. The molecule has 0 aliphatic heterocycles. The van der Waals surface area contributed by atoms with Crippen LogP contribution in [-0.4, -0.2) is 29.1 Å². The Morgan fingerprint density at radius 2 is 2.53 bits per heavy atom. The number of hydrogen-bond acceptors (Lipinski definition) is 6. The van der Waals surface area contributed by atoms with Crippen molar-refractivity contribution >= 4 is 11.9 Å². The highest BCUT2D eigenvalue weighted by Gasteiger charge is 2.03. The highest BCUT2D eigenvalue weighted by molar-refractivity contribution is 5.74. The second-order valence-corrected chi connectivity index (χ2v) is 2.54. The van der Waals surface area contributed by atoms with Gasteiger partial charge in [-0.1, -0.05) is 0 Å². The van der Waals surface area contributed by atoms with Crippen molar-refractivity contribution in [1.29, 1.82) is 5.26 Å². The van der Waals surface area contributed by atoms with Crippen LogP contribution in [0.4, 0.5) is 5.95 Å². The van der Waals surface area contributed by atoms with Crippen LogP contribution in [0.5, 0.6) is 0 Å². The molecule has 0 amide bonds. The van der Waals surface area contributed by atoms with Gasteiger partial charge in [0.05, 0.1) is 6.61 Å². The van der Waals surface area contributed by atoms with E-state index in [-0.39, 0.29) is 24.2 Å². The fourth-order valence-corrected chi connectivity index (χ4v) is 0.869. The Balaban J connectivity index is 2.51. The van der Waals surface area contributed by atoms with Crippen LogP contribution in [0.3, 0.4) is 0 Å². The number of nitrogens with zero attached hydrogens (tertiary/aromatic N) is 3. The number of rotatable bonds is 4. The summed E-state index contributed by atoms with van der Waals surface area (Å²) < 4.78 is 4.70. The average molecular weight is 206 g/mol. The molecule has 0 aliphatic rings. The first-order valence-electron chi connectivity index (χ1n) is 4.39. The van der Waals surface area contributed by atoms with Crippen molar-refractivity contribution in [3.8, 4) is 6.07 Å². The SMILES string of the molecule is CCOC(=O)CNc1nccc(C#N)n1. The lowest BCUT2D eigenvalue weighted by Crippen LogP contribution is -2.18. The normalized spacial score (nSPS) is 9.07. The average Bonchev–Trinajstić information content (AvgIpc) is 2.27. The van der Waals surface area contributed by atoms with Gasteiger partial charge >= 0.3 is 5.97 Å². The molecule has 0 aliphatic carbocycles. The molecular formula is C9H10N4O2. The summed E-state index contributed by atoms with van der Waals surface area (Å²) in [6, 6.07) is 3.35. The van der Waals surface area contributed by atoms with Gasteiger partial charge in [-0.25, -0.2) is 9.97 Å². The maximum atomic E-state index is 11.0. The van der Waals surface area contributed by atoms with Crippen LogP contribution in [0.25, 0.3) is 0 Å². The summed E-state index contributed by atoms with van der Waals surface area (Å²) in [5.41, 5.74) is 0.247. The molecule has 1 heterocycles. The van der Waals surface area contributed by atoms with Gasteiger partial charge in [0.1, 0.15) is 18.3 Å². The zero-order valence-corrected chi connectivity index (χ0v) is 8.23. The Hall–Kier alpha value is -2.16. The summed E-state index contributed by atoms with van der Waals surface area (Å²) in [4.78, 5) is 18.6. The highest BCUT2D eigenvalue weighted by Crippen LogP contribution is 1.98. The second kappa shape index (κ2) is 5.54. The molecule has 0 saturated heterocycles. The van der Waals surface area contributed by atoms with Crippen LogP contribution in [0.1, 0.15) is 12.6 Å². The fraction of sp³-hybridized carbons (Fsp3) is 0.333. The predicted molar refractivity (Wildman–Crippen MR) is 51.9 cm³/mol. The summed E-state index contributed by atoms with van der Waals surface area (Å²) in [7, 11) is 0. The van der Waals surface area contributed by atoms with Crippen molar-refractivity contribution in [1.82, 2.24) is 9.97 Å². The van der Waals surface area contributed by atoms with Gasteiger partial charge in [0.2, 0.25) is 5.95 Å². The molecule has 1 aromatic heterocycles. The fourth-order valence-electron chi connectivity index (χ4n) is 0.869. The quantitative estimate of drug-likeness (QED) is 0.714. The molecule has 1 rings (SSSR count). The van der Waals surface area contributed by atoms with E-state index in [2.05, 4.69) is 15.3 Å². The number of hydrogen-bond donors (Lipinski definition) is 1. The van der Waals surface area contributed by atoms with Crippen molar-refractivity contribution in [2.75, 3.05) is 18.5 Å². The van der Waals surface area contributed by atoms with Gasteiger partial charge in [0, 0.05) is 6.20 Å². The van der Waals surface area contributed by atoms with Gasteiger partial charge in [-0.2, -0.15) is 5.26 Å². The number of esters is 1. The Labute approximate surface area is 86.9 Å². The molecular weight excluding hydrogens is 196 g/mol. The van der Waals surface area contributed by atoms with Crippen molar-refractivity contribution in [3.63, 3.8) is 0 Å². The van der Waals surface area contributed by atoms with Gasteiger partial charge in [0.25, 0.3) is 0 Å². The molecule has 0 bridgehead atoms. The van der Waals surface area contributed by atoms with E-state index >= 15 is 0 Å². The minimum atomic E-state index is -0.386. The Morgan fingerprint density at radius 1 is 1.73 bits per heavy atom. The lowest BCUT2D eigenvalue weighted by molar-refractivity contribution is -0.140. The Morgan fingerprint density at radius 3 is 3.20 bits per heavy atom. The minimum absolute atomic E-state index is 0.0112. The van der Waals surface area contributed by atoms with E-state index in [1.54, 1.807) is 6.92 Å². The van der Waals surface area contributed by atoms with E-state index in [4.69, 9.17) is 10.00 Å². The van der Waals surface area contributed by atoms with E-state index in [1.807, 2.05) is 6.07 Å². The summed E-state index contributed by atoms with van der Waals surface area (Å²) >= 11 is 0. The molecule has 1 aromatic rings. The molecule has 0 radical (unpaired) electrons. The maximum absolute atomic E-state index is 11.0. The van der Waals surface area contributed by atoms with Crippen LogP contribution in [0, 0.1) is 11.3 Å². The Kier molecular flexibility index (Phi) is 4.04. The zero-order chi connectivity index (χ0) is 11.1. The smallest absolute Gasteiger partial charge is 0.325 e. The molecule has 0 atom stereocenters. The van der Waals surface area contributed by atoms with E-state index < -0.39 is 0 Å². The number of ether oxygens (including phenoxy) is 1. The zero-order valence-electron chi connectivity index (χ0n) is 8.23. The minimum Gasteiger partial charge on any atom is -0.465 e. The van der Waals surface area contributed by atoms with Crippen LogP contribution in [0.2, 0.25) is 0 Å². The number of carbonyl (C=O) groups is 1. The Bertz CT molecular complexity index is 386. The summed E-state index contributed by atoms with van der Waals surface area (Å²) in [5.74, 6) is -0.148. The lowest BCUT2D eigenvalue weighted by Gasteiger charge is -2.03. The van der Waals surface area contributed by atoms with E-state index in [0.717, 1.165) is 0 Å². The molecule has 0 unspecified atom stereocenters. The number of nitrogens with one attached hydrogen (secondary N) is 1. The molecule has 6 heteroatoms. The summed E-state index contributed by atoms with van der Waals surface area (Å²) in [6.45, 7) is 2.05. The van der Waals surface area contributed by atoms with Gasteiger partial charge in [0.15, 0.2) is 0 Å². The predicted octanol–water partition coefficient (Wildman–Crippen LogP) is 0.323. The van der Waals surface area contributed by atoms with Crippen molar-refractivity contribution in [2.24, 2.45) is 0 Å². The molecule has 0 spiro atoms. The first kappa shape index (κ1) is 10.9. The number of nitriles is 1. The largest absolute Gasteiger partial charge is 0.465 e. The standard InChI is InChI=1S/C9H10N4O2/c1-2-15-8(14)6-12-9-11-4-3-7(5-10)13-9/h3-4H,2,6H2,1H3,(H,11,12,13). The van der Waals surface area contributed by atoms with E-state index in [0.29, 0.717) is 6.61 Å². The van der Waals surface area contributed by atoms with Gasteiger partial charge in [-0.3, -0.25) is 4.79 Å². The first-order valence-corrected chi connectivity index (χ1v) is 4.39. The number of anilines is 1. The third kappa shape index (κ3) is 3.60. The van der Waals surface area contributed by atoms with E-state index in [1.165, 1.54) is 12.3 Å². The molecule has 78 valence electrons. The number of carbonyl (C=O) groups excluding carboxylic acids is 1. The third-order valence-corrected chi connectivity index (χ3v) is 1.47. The maximum Gasteiger partial charge on any atom is 0.325 e. The van der Waals surface area contributed by atoms with Crippen molar-refractivity contribution in [2.45, 2.75) is 6.92 Å². The monoisotopic (exact) mass is 206 g/mol. The third-order valence-electron chi connectivity index (χ3n) is 1.47. The van der Waals surface area contributed by atoms with Gasteiger partial charge in [-0.05, 0) is 13.0 Å². The van der Waals surface area contributed by atoms with Gasteiger partial charge < -0.3 is 10.1 Å². The van der Waals surface area contributed by atoms with Crippen LogP contribution >= 0.6 is 0 Å². The van der Waals surface area contributed by atoms with Crippen molar-refractivity contribution in [3.05, 3.63) is 18.0 Å². The molecule has 6 nitrogen and oxygen atoms in total. The molecule has 0 saturated carbocycles. The molecule has 1 N–H and O–H groups in total. The lowest BCUT2D eigenvalue weighted by atomic mass is 10.4. The highest BCUT2D eigenvalue weighted by atomic mass is 16.5. The van der Waals surface area contributed by atoms with Gasteiger partial charge in [-0.15, -0.1) is 0 Å². The topological polar surface area (TPSA) is 87.9 Å².